The molecule has 23 heavy (non-hydrogen) atoms. The Morgan fingerprint density at radius 2 is 1.96 bits per heavy atom. The number of piperidine rings is 1. The molecular weight excluding hydrogens is 316 g/mol. The van der Waals surface area contributed by atoms with E-state index in [0.29, 0.717) is 30.3 Å². The van der Waals surface area contributed by atoms with E-state index in [1.54, 1.807) is 0 Å². The molecule has 0 saturated carbocycles. The number of hydrogen-bond acceptors (Lipinski definition) is 4. The molecule has 1 aromatic carbocycles. The molecule has 5 nitrogen and oxygen atoms in total. The molecule has 1 saturated heterocycles. The number of nitrogens with one attached hydrogen (secondary N) is 1. The monoisotopic (exact) mass is 338 g/mol. The minimum Gasteiger partial charge on any atom is -0.469 e. The zero-order valence-electron chi connectivity index (χ0n) is 13.8. The standard InChI is InChI=1S/C17H23ClN2O3/c1-11-8-12(2)16(14(18)9-11)19-15(21)10-20-6-4-13(5-7-20)17(22)23-3/h8-9,13H,4-7,10H2,1-3H3,(H,19,21). The average Bonchev–Trinajstić information content (AvgIpc) is 2.51. The molecule has 1 N–H and O–H groups in total. The Bertz CT molecular complexity index is 572. The molecule has 0 radical (unpaired) electrons. The lowest BCUT2D eigenvalue weighted by Crippen LogP contribution is -2.41. The first-order valence-electron chi connectivity index (χ1n) is 7.77. The van der Waals surface area contributed by atoms with Gasteiger partial charge in [0.15, 0.2) is 0 Å². The number of ether oxygens (including phenoxy) is 1. The number of methoxy groups -OCH3 is 1. The van der Waals surface area contributed by atoms with Crippen LogP contribution in [-0.2, 0) is 14.3 Å². The number of aryl methyl sites for hydroxylation is 2. The summed E-state index contributed by atoms with van der Waals surface area (Å²) in [7, 11) is 1.41. The molecule has 0 bridgehead atoms. The Morgan fingerprint density at radius 1 is 1.30 bits per heavy atom. The van der Waals surface area contributed by atoms with Crippen molar-refractivity contribution in [1.29, 1.82) is 0 Å². The van der Waals surface area contributed by atoms with Gasteiger partial charge >= 0.3 is 5.97 Å². The van der Waals surface area contributed by atoms with Crippen molar-refractivity contribution in [2.24, 2.45) is 5.92 Å². The minimum absolute atomic E-state index is 0.0481. The van der Waals surface area contributed by atoms with Crippen LogP contribution in [0.5, 0.6) is 0 Å². The van der Waals surface area contributed by atoms with Gasteiger partial charge in [-0.25, -0.2) is 0 Å². The number of carbonyl (C=O) groups excluding carboxylic acids is 2. The van der Waals surface area contributed by atoms with Gasteiger partial charge in [-0.15, -0.1) is 0 Å². The minimum atomic E-state index is -0.156. The molecule has 0 aromatic heterocycles. The van der Waals surface area contributed by atoms with E-state index in [0.717, 1.165) is 24.0 Å². The van der Waals surface area contributed by atoms with Crippen molar-refractivity contribution in [2.45, 2.75) is 26.7 Å². The second-order valence-electron chi connectivity index (χ2n) is 6.06. The highest BCUT2D eigenvalue weighted by Gasteiger charge is 2.26. The molecule has 1 aliphatic heterocycles. The lowest BCUT2D eigenvalue weighted by Gasteiger charge is -2.30. The summed E-state index contributed by atoms with van der Waals surface area (Å²) in [4.78, 5) is 25.8. The maximum atomic E-state index is 12.2. The Labute approximate surface area is 141 Å². The fourth-order valence-corrected chi connectivity index (χ4v) is 3.32. The topological polar surface area (TPSA) is 58.6 Å². The highest BCUT2D eigenvalue weighted by Crippen LogP contribution is 2.27. The SMILES string of the molecule is COC(=O)C1CCN(CC(=O)Nc2c(C)cc(C)cc2Cl)CC1. The van der Waals surface area contributed by atoms with E-state index >= 15 is 0 Å². The van der Waals surface area contributed by atoms with E-state index in [1.165, 1.54) is 7.11 Å². The number of carbonyl (C=O) groups is 2. The summed E-state index contributed by atoms with van der Waals surface area (Å²) >= 11 is 6.21. The van der Waals surface area contributed by atoms with Crippen LogP contribution in [-0.4, -0.2) is 43.5 Å². The molecule has 126 valence electrons. The van der Waals surface area contributed by atoms with Gasteiger partial charge in [-0.2, -0.15) is 0 Å². The fraction of sp³-hybridized carbons (Fsp3) is 0.529. The van der Waals surface area contributed by atoms with Gasteiger partial charge in [0.25, 0.3) is 0 Å². The van der Waals surface area contributed by atoms with Crippen LogP contribution in [0, 0.1) is 19.8 Å². The number of nitrogens with zero attached hydrogens (tertiary/aromatic N) is 1. The number of esters is 1. The lowest BCUT2D eigenvalue weighted by molar-refractivity contribution is -0.147. The van der Waals surface area contributed by atoms with Crippen LogP contribution >= 0.6 is 11.6 Å². The van der Waals surface area contributed by atoms with Crippen molar-refractivity contribution in [3.05, 3.63) is 28.3 Å². The van der Waals surface area contributed by atoms with Gasteiger partial charge < -0.3 is 10.1 Å². The van der Waals surface area contributed by atoms with Crippen LogP contribution in [0.25, 0.3) is 0 Å². The number of rotatable bonds is 4. The molecule has 6 heteroatoms. The van der Waals surface area contributed by atoms with Crippen LogP contribution in [0.15, 0.2) is 12.1 Å². The van der Waals surface area contributed by atoms with Crippen LogP contribution in [0.1, 0.15) is 24.0 Å². The number of benzene rings is 1. The third-order valence-electron chi connectivity index (χ3n) is 4.19. The van der Waals surface area contributed by atoms with E-state index in [9.17, 15) is 9.59 Å². The van der Waals surface area contributed by atoms with E-state index in [-0.39, 0.29) is 17.8 Å². The first kappa shape index (κ1) is 17.8. The highest BCUT2D eigenvalue weighted by molar-refractivity contribution is 6.34. The zero-order chi connectivity index (χ0) is 17.0. The summed E-state index contributed by atoms with van der Waals surface area (Å²) in [6.45, 7) is 5.63. The molecule has 0 unspecified atom stereocenters. The first-order valence-corrected chi connectivity index (χ1v) is 8.15. The first-order chi connectivity index (χ1) is 10.9. The van der Waals surface area contributed by atoms with Crippen LogP contribution in [0.3, 0.4) is 0 Å². The smallest absolute Gasteiger partial charge is 0.308 e. The third kappa shape index (κ3) is 4.69. The predicted molar refractivity (Wildman–Crippen MR) is 90.7 cm³/mol. The number of halogens is 1. The van der Waals surface area contributed by atoms with Gasteiger partial charge in [0.05, 0.1) is 30.3 Å². The number of amides is 1. The van der Waals surface area contributed by atoms with Crippen molar-refractivity contribution in [2.75, 3.05) is 32.1 Å². The van der Waals surface area contributed by atoms with Crippen LogP contribution in [0.2, 0.25) is 5.02 Å². The van der Waals surface area contributed by atoms with E-state index in [4.69, 9.17) is 16.3 Å². The van der Waals surface area contributed by atoms with Crippen molar-refractivity contribution in [3.63, 3.8) is 0 Å². The van der Waals surface area contributed by atoms with Gasteiger partial charge in [-0.1, -0.05) is 17.7 Å². The molecule has 1 fully saturated rings. The Hall–Kier alpha value is -1.59. The Balaban J connectivity index is 1.88. The molecule has 1 aliphatic rings. The molecule has 0 atom stereocenters. The maximum absolute atomic E-state index is 12.2. The second kappa shape index (κ2) is 7.79. The molecular formula is C17H23ClN2O3. The summed E-state index contributed by atoms with van der Waals surface area (Å²) in [5.74, 6) is -0.292. The largest absolute Gasteiger partial charge is 0.469 e. The van der Waals surface area contributed by atoms with Crippen LogP contribution in [0.4, 0.5) is 5.69 Å². The van der Waals surface area contributed by atoms with Crippen LogP contribution < -0.4 is 5.32 Å². The van der Waals surface area contributed by atoms with Crippen molar-refractivity contribution < 1.29 is 14.3 Å². The molecule has 0 spiro atoms. The summed E-state index contributed by atoms with van der Waals surface area (Å²) in [6, 6.07) is 3.83. The normalized spacial score (nSPS) is 16.2. The zero-order valence-corrected chi connectivity index (χ0v) is 14.6. The van der Waals surface area contributed by atoms with Crippen molar-refractivity contribution in [1.82, 2.24) is 4.90 Å². The van der Waals surface area contributed by atoms with Crippen molar-refractivity contribution in [3.8, 4) is 0 Å². The summed E-state index contributed by atoms with van der Waals surface area (Å²) in [5, 5.41) is 3.45. The van der Waals surface area contributed by atoms with Gasteiger partial charge in [0.2, 0.25) is 5.91 Å². The lowest BCUT2D eigenvalue weighted by atomic mass is 9.97. The quantitative estimate of drug-likeness (QED) is 0.858. The van der Waals surface area contributed by atoms with Gasteiger partial charge in [-0.3, -0.25) is 14.5 Å². The Morgan fingerprint density at radius 3 is 2.52 bits per heavy atom. The van der Waals surface area contributed by atoms with Gasteiger partial charge in [0, 0.05) is 0 Å². The maximum Gasteiger partial charge on any atom is 0.308 e. The number of likely N-dealkylation sites (tertiary alicyclic amines) is 1. The molecule has 1 heterocycles. The van der Waals surface area contributed by atoms with Crippen molar-refractivity contribution >= 4 is 29.2 Å². The summed E-state index contributed by atoms with van der Waals surface area (Å²) in [6.07, 6.45) is 1.45. The highest BCUT2D eigenvalue weighted by atomic mass is 35.5. The summed E-state index contributed by atoms with van der Waals surface area (Å²) < 4.78 is 4.77. The number of anilines is 1. The van der Waals surface area contributed by atoms with E-state index in [2.05, 4.69) is 5.32 Å². The number of hydrogen-bond donors (Lipinski definition) is 1. The molecule has 1 aromatic rings. The third-order valence-corrected chi connectivity index (χ3v) is 4.48. The van der Waals surface area contributed by atoms with E-state index < -0.39 is 0 Å². The molecule has 0 aliphatic carbocycles. The Kier molecular flexibility index (Phi) is 6.02. The van der Waals surface area contributed by atoms with Gasteiger partial charge in [-0.05, 0) is 57.0 Å². The predicted octanol–water partition coefficient (Wildman–Crippen LogP) is 2.78. The summed E-state index contributed by atoms with van der Waals surface area (Å²) in [5.41, 5.74) is 2.69. The molecule has 1 amide bonds. The second-order valence-corrected chi connectivity index (χ2v) is 6.47. The van der Waals surface area contributed by atoms with E-state index in [1.807, 2.05) is 30.9 Å². The van der Waals surface area contributed by atoms with Gasteiger partial charge in [0.1, 0.15) is 0 Å². The fourth-order valence-electron chi connectivity index (χ4n) is 2.95. The average molecular weight is 339 g/mol. The molecule has 2 rings (SSSR count).